The van der Waals surface area contributed by atoms with Gasteiger partial charge in [-0.05, 0) is 30.2 Å². The fraction of sp³-hybridized carbons (Fsp3) is 0.0870. The number of hydrogen-bond acceptors (Lipinski definition) is 3. The molecule has 138 valence electrons. The van der Waals surface area contributed by atoms with Gasteiger partial charge in [0.25, 0.3) is 5.91 Å². The van der Waals surface area contributed by atoms with E-state index in [2.05, 4.69) is 15.6 Å². The molecule has 1 heterocycles. The summed E-state index contributed by atoms with van der Waals surface area (Å²) in [5.41, 5.74) is 3.91. The molecular formula is C23H20N4O. The number of carbonyl (C=O) groups is 1. The van der Waals surface area contributed by atoms with Crippen molar-refractivity contribution in [3.63, 3.8) is 0 Å². The van der Waals surface area contributed by atoms with Gasteiger partial charge in [0.2, 0.25) is 0 Å². The predicted octanol–water partition coefficient (Wildman–Crippen LogP) is 4.10. The van der Waals surface area contributed by atoms with E-state index in [1.165, 1.54) is 0 Å². The van der Waals surface area contributed by atoms with Crippen molar-refractivity contribution in [2.45, 2.75) is 13.0 Å². The van der Waals surface area contributed by atoms with Crippen LogP contribution in [0.3, 0.4) is 0 Å². The minimum Gasteiger partial charge on any atom is -0.340 e. The first kappa shape index (κ1) is 17.7. The van der Waals surface area contributed by atoms with Crippen molar-refractivity contribution in [1.29, 1.82) is 0 Å². The predicted molar refractivity (Wildman–Crippen MR) is 108 cm³/mol. The largest absolute Gasteiger partial charge is 0.340 e. The highest BCUT2D eigenvalue weighted by Crippen LogP contribution is 2.22. The second kappa shape index (κ2) is 7.88. The zero-order chi connectivity index (χ0) is 19.3. The summed E-state index contributed by atoms with van der Waals surface area (Å²) in [7, 11) is 0. The highest BCUT2D eigenvalue weighted by molar-refractivity contribution is 5.93. The van der Waals surface area contributed by atoms with Crippen LogP contribution in [0.1, 0.15) is 33.4 Å². The van der Waals surface area contributed by atoms with Gasteiger partial charge in [0, 0.05) is 0 Å². The normalized spacial score (nSPS) is 10.8. The summed E-state index contributed by atoms with van der Waals surface area (Å²) in [6.07, 6.45) is 0. The lowest BCUT2D eigenvalue weighted by atomic mass is 9.98. The molecule has 1 aromatic heterocycles. The van der Waals surface area contributed by atoms with E-state index in [-0.39, 0.29) is 11.9 Å². The zero-order valence-electron chi connectivity index (χ0n) is 15.5. The molecule has 1 amide bonds. The molecule has 0 aliphatic carbocycles. The lowest BCUT2D eigenvalue weighted by molar-refractivity contribution is 0.0937. The summed E-state index contributed by atoms with van der Waals surface area (Å²) in [6, 6.07) is 29.2. The Labute approximate surface area is 163 Å². The van der Waals surface area contributed by atoms with Gasteiger partial charge < -0.3 is 5.32 Å². The smallest absolute Gasteiger partial charge is 0.274 e. The molecule has 4 rings (SSSR count). The zero-order valence-corrected chi connectivity index (χ0v) is 15.5. The number of rotatable bonds is 5. The molecule has 0 unspecified atom stereocenters. The lowest BCUT2D eigenvalue weighted by Crippen LogP contribution is -2.30. The number of nitrogens with zero attached hydrogens (tertiary/aromatic N) is 3. The van der Waals surface area contributed by atoms with Crippen molar-refractivity contribution in [2.24, 2.45) is 0 Å². The van der Waals surface area contributed by atoms with Gasteiger partial charge in [-0.15, -0.1) is 5.10 Å². The maximum atomic E-state index is 13.0. The van der Waals surface area contributed by atoms with Crippen molar-refractivity contribution in [3.8, 4) is 5.69 Å². The van der Waals surface area contributed by atoms with Crippen LogP contribution in [0, 0.1) is 6.92 Å². The second-order valence-corrected chi connectivity index (χ2v) is 6.50. The number of hydrogen-bond donors (Lipinski definition) is 1. The number of para-hydroxylation sites is 1. The number of amides is 1. The highest BCUT2D eigenvalue weighted by atomic mass is 16.2. The molecule has 0 saturated heterocycles. The van der Waals surface area contributed by atoms with E-state index in [0.29, 0.717) is 11.4 Å². The van der Waals surface area contributed by atoms with E-state index in [1.54, 1.807) is 4.68 Å². The molecule has 0 aliphatic rings. The molecule has 28 heavy (non-hydrogen) atoms. The molecule has 3 aromatic carbocycles. The second-order valence-electron chi connectivity index (χ2n) is 6.50. The van der Waals surface area contributed by atoms with Gasteiger partial charge in [0.05, 0.1) is 17.4 Å². The molecule has 4 aromatic rings. The van der Waals surface area contributed by atoms with Crippen molar-refractivity contribution in [3.05, 3.63) is 114 Å². The Balaban J connectivity index is 1.65. The van der Waals surface area contributed by atoms with Crippen molar-refractivity contribution in [1.82, 2.24) is 20.3 Å². The van der Waals surface area contributed by atoms with Crippen LogP contribution >= 0.6 is 0 Å². The third-order valence-corrected chi connectivity index (χ3v) is 4.65. The van der Waals surface area contributed by atoms with Gasteiger partial charge in [-0.2, -0.15) is 0 Å². The monoisotopic (exact) mass is 368 g/mol. The van der Waals surface area contributed by atoms with Crippen LogP contribution in [0.15, 0.2) is 91.0 Å². The fourth-order valence-corrected chi connectivity index (χ4v) is 3.20. The summed E-state index contributed by atoms with van der Waals surface area (Å²) in [5, 5.41) is 11.4. The Kier molecular flexibility index (Phi) is 4.97. The molecule has 5 heteroatoms. The molecule has 0 atom stereocenters. The Morgan fingerprint density at radius 2 is 1.32 bits per heavy atom. The third-order valence-electron chi connectivity index (χ3n) is 4.65. The maximum Gasteiger partial charge on any atom is 0.274 e. The maximum absolute atomic E-state index is 13.0. The topological polar surface area (TPSA) is 59.8 Å². The summed E-state index contributed by atoms with van der Waals surface area (Å²) >= 11 is 0. The van der Waals surface area contributed by atoms with Gasteiger partial charge in [-0.25, -0.2) is 4.68 Å². The molecule has 5 nitrogen and oxygen atoms in total. The number of benzene rings is 3. The number of nitrogens with one attached hydrogen (secondary N) is 1. The Bertz CT molecular complexity index is 1020. The molecule has 0 bridgehead atoms. The van der Waals surface area contributed by atoms with Gasteiger partial charge in [-0.3, -0.25) is 4.79 Å². The third kappa shape index (κ3) is 3.55. The van der Waals surface area contributed by atoms with Crippen LogP contribution in [-0.4, -0.2) is 20.9 Å². The average molecular weight is 368 g/mol. The average Bonchev–Trinajstić information content (AvgIpc) is 3.15. The van der Waals surface area contributed by atoms with E-state index in [1.807, 2.05) is 97.9 Å². The Hall–Kier alpha value is -3.73. The minimum absolute atomic E-state index is 0.252. The molecule has 0 saturated carbocycles. The fourth-order valence-electron chi connectivity index (χ4n) is 3.20. The van der Waals surface area contributed by atoms with Crippen molar-refractivity contribution >= 4 is 5.91 Å². The van der Waals surface area contributed by atoms with E-state index in [4.69, 9.17) is 0 Å². The quantitative estimate of drug-likeness (QED) is 0.577. The van der Waals surface area contributed by atoms with Crippen LogP contribution in [0.5, 0.6) is 0 Å². The first-order valence-electron chi connectivity index (χ1n) is 9.12. The molecule has 0 aliphatic heterocycles. The summed E-state index contributed by atoms with van der Waals surface area (Å²) in [5.74, 6) is -0.252. The van der Waals surface area contributed by atoms with Crippen LogP contribution in [0.25, 0.3) is 5.69 Å². The molecule has 1 N–H and O–H groups in total. The van der Waals surface area contributed by atoms with Gasteiger partial charge >= 0.3 is 0 Å². The van der Waals surface area contributed by atoms with E-state index in [9.17, 15) is 4.79 Å². The minimum atomic E-state index is -0.267. The molecular weight excluding hydrogens is 348 g/mol. The first-order valence-corrected chi connectivity index (χ1v) is 9.12. The van der Waals surface area contributed by atoms with Crippen LogP contribution in [0.4, 0.5) is 0 Å². The standard InChI is InChI=1S/C23H20N4O/c1-17-21(25-26-27(17)20-15-9-4-10-16-20)23(28)24-22(18-11-5-2-6-12-18)19-13-7-3-8-14-19/h2-16,22H,1H3,(H,24,28). The Morgan fingerprint density at radius 3 is 1.86 bits per heavy atom. The number of aromatic nitrogens is 3. The van der Waals surface area contributed by atoms with Crippen LogP contribution < -0.4 is 5.32 Å². The summed E-state index contributed by atoms with van der Waals surface area (Å²) in [4.78, 5) is 13.0. The van der Waals surface area contributed by atoms with E-state index in [0.717, 1.165) is 16.8 Å². The molecule has 0 fully saturated rings. The molecule has 0 spiro atoms. The molecule has 0 radical (unpaired) electrons. The lowest BCUT2D eigenvalue weighted by Gasteiger charge is -2.19. The van der Waals surface area contributed by atoms with Gasteiger partial charge in [0.1, 0.15) is 0 Å². The van der Waals surface area contributed by atoms with E-state index >= 15 is 0 Å². The van der Waals surface area contributed by atoms with E-state index < -0.39 is 0 Å². The SMILES string of the molecule is Cc1c(C(=O)NC(c2ccccc2)c2ccccc2)nnn1-c1ccccc1. The number of carbonyl (C=O) groups excluding carboxylic acids is 1. The van der Waals surface area contributed by atoms with Crippen LogP contribution in [-0.2, 0) is 0 Å². The van der Waals surface area contributed by atoms with Gasteiger partial charge in [0.15, 0.2) is 5.69 Å². The van der Waals surface area contributed by atoms with Gasteiger partial charge in [-0.1, -0.05) is 84.1 Å². The Morgan fingerprint density at radius 1 is 0.821 bits per heavy atom. The van der Waals surface area contributed by atoms with Crippen LogP contribution in [0.2, 0.25) is 0 Å². The first-order chi connectivity index (χ1) is 13.7. The highest BCUT2D eigenvalue weighted by Gasteiger charge is 2.22. The van der Waals surface area contributed by atoms with Crippen molar-refractivity contribution < 1.29 is 4.79 Å². The summed E-state index contributed by atoms with van der Waals surface area (Å²) < 4.78 is 1.68. The summed E-state index contributed by atoms with van der Waals surface area (Å²) in [6.45, 7) is 1.85. The van der Waals surface area contributed by atoms with Crippen molar-refractivity contribution in [2.75, 3.05) is 0 Å².